The van der Waals surface area contributed by atoms with E-state index in [1.807, 2.05) is 0 Å². The van der Waals surface area contributed by atoms with Gasteiger partial charge in [-0.1, -0.05) is 26.0 Å². The minimum atomic E-state index is 0.609. The molecule has 0 radical (unpaired) electrons. The van der Waals surface area contributed by atoms with Crippen molar-refractivity contribution in [2.24, 2.45) is 5.92 Å². The van der Waals surface area contributed by atoms with Crippen LogP contribution in [0.15, 0.2) is 24.3 Å². The lowest BCUT2D eigenvalue weighted by atomic mass is 9.95. The van der Waals surface area contributed by atoms with Crippen LogP contribution >= 0.6 is 0 Å². The van der Waals surface area contributed by atoms with Crippen LogP contribution in [0.3, 0.4) is 0 Å². The number of hydrogen-bond donors (Lipinski definition) is 0. The van der Waals surface area contributed by atoms with Gasteiger partial charge >= 0.3 is 0 Å². The van der Waals surface area contributed by atoms with Crippen molar-refractivity contribution < 1.29 is 0 Å². The van der Waals surface area contributed by atoms with Crippen molar-refractivity contribution >= 4 is 5.69 Å². The van der Waals surface area contributed by atoms with Gasteiger partial charge in [0.05, 0.1) is 0 Å². The Balaban J connectivity index is 1.45. The second-order valence-corrected chi connectivity index (χ2v) is 8.61. The molecule has 140 valence electrons. The lowest BCUT2D eigenvalue weighted by Gasteiger charge is -2.40. The number of piperazine rings is 1. The maximum atomic E-state index is 2.71. The molecule has 25 heavy (non-hydrogen) atoms. The molecule has 2 heterocycles. The first-order valence-corrected chi connectivity index (χ1v) is 10.3. The van der Waals surface area contributed by atoms with Crippen LogP contribution in [0.25, 0.3) is 0 Å². The molecule has 0 aromatic heterocycles. The van der Waals surface area contributed by atoms with E-state index in [9.17, 15) is 0 Å². The smallest absolute Gasteiger partial charge is 0.0369 e. The molecule has 0 unspecified atom stereocenters. The number of rotatable bonds is 5. The maximum absolute atomic E-state index is 2.71. The predicted octanol–water partition coefficient (Wildman–Crippen LogP) is 4.05. The van der Waals surface area contributed by atoms with E-state index in [1.165, 1.54) is 69.9 Å². The Bertz CT molecular complexity index is 524. The summed E-state index contributed by atoms with van der Waals surface area (Å²) in [5.41, 5.74) is 2.87. The van der Waals surface area contributed by atoms with Gasteiger partial charge in [0.25, 0.3) is 0 Å². The minimum Gasteiger partial charge on any atom is -0.369 e. The van der Waals surface area contributed by atoms with Crippen molar-refractivity contribution in [2.45, 2.75) is 52.5 Å². The summed E-state index contributed by atoms with van der Waals surface area (Å²) in [5, 5.41) is 0. The summed E-state index contributed by atoms with van der Waals surface area (Å²) in [4.78, 5) is 7.92. The SMILES string of the molecule is CC(C)c1cccc(N2CCN(CC3CCN(C(C)C)CC3)CC2)c1. The Labute approximate surface area is 155 Å². The molecule has 1 aromatic rings. The van der Waals surface area contributed by atoms with E-state index in [4.69, 9.17) is 0 Å². The fraction of sp³-hybridized carbons (Fsp3) is 0.727. The van der Waals surface area contributed by atoms with E-state index < -0.39 is 0 Å². The van der Waals surface area contributed by atoms with Crippen LogP contribution in [0, 0.1) is 5.92 Å². The van der Waals surface area contributed by atoms with E-state index >= 15 is 0 Å². The molecule has 0 saturated carbocycles. The van der Waals surface area contributed by atoms with Crippen molar-refractivity contribution in [1.29, 1.82) is 0 Å². The third-order valence-electron chi connectivity index (χ3n) is 6.17. The summed E-state index contributed by atoms with van der Waals surface area (Å²) < 4.78 is 0. The van der Waals surface area contributed by atoms with Gasteiger partial charge in [0.15, 0.2) is 0 Å². The third kappa shape index (κ3) is 4.98. The molecule has 2 aliphatic rings. The zero-order chi connectivity index (χ0) is 17.8. The van der Waals surface area contributed by atoms with Gasteiger partial charge in [0.1, 0.15) is 0 Å². The first-order valence-electron chi connectivity index (χ1n) is 10.3. The highest BCUT2D eigenvalue weighted by atomic mass is 15.3. The van der Waals surface area contributed by atoms with Crippen molar-refractivity contribution in [3.05, 3.63) is 29.8 Å². The Morgan fingerprint density at radius 1 is 0.920 bits per heavy atom. The molecular weight excluding hydrogens is 306 g/mol. The average Bonchev–Trinajstić information content (AvgIpc) is 2.63. The highest BCUT2D eigenvalue weighted by molar-refractivity contribution is 5.49. The van der Waals surface area contributed by atoms with E-state index in [2.05, 4.69) is 66.7 Å². The van der Waals surface area contributed by atoms with Gasteiger partial charge < -0.3 is 9.80 Å². The van der Waals surface area contributed by atoms with Gasteiger partial charge in [-0.05, 0) is 69.3 Å². The van der Waals surface area contributed by atoms with Gasteiger partial charge in [-0.15, -0.1) is 0 Å². The highest BCUT2D eigenvalue weighted by Crippen LogP contribution is 2.24. The number of likely N-dealkylation sites (tertiary alicyclic amines) is 1. The molecule has 2 aliphatic heterocycles. The van der Waals surface area contributed by atoms with Crippen molar-refractivity contribution in [3.8, 4) is 0 Å². The lowest BCUT2D eigenvalue weighted by Crippen LogP contribution is -2.49. The molecule has 0 N–H and O–H groups in total. The molecule has 0 aliphatic carbocycles. The van der Waals surface area contributed by atoms with E-state index in [0.717, 1.165) is 5.92 Å². The molecule has 3 heteroatoms. The molecule has 3 nitrogen and oxygen atoms in total. The largest absolute Gasteiger partial charge is 0.369 e. The summed E-state index contributed by atoms with van der Waals surface area (Å²) in [5.74, 6) is 1.52. The van der Waals surface area contributed by atoms with Gasteiger partial charge in [-0.3, -0.25) is 4.90 Å². The van der Waals surface area contributed by atoms with E-state index in [0.29, 0.717) is 12.0 Å². The molecule has 0 amide bonds. The number of piperidine rings is 1. The monoisotopic (exact) mass is 343 g/mol. The third-order valence-corrected chi connectivity index (χ3v) is 6.17. The zero-order valence-electron chi connectivity index (χ0n) is 16.7. The van der Waals surface area contributed by atoms with Crippen LogP contribution in [-0.2, 0) is 0 Å². The van der Waals surface area contributed by atoms with Crippen LogP contribution in [0.5, 0.6) is 0 Å². The molecule has 2 fully saturated rings. The first-order chi connectivity index (χ1) is 12.0. The van der Waals surface area contributed by atoms with Crippen molar-refractivity contribution in [3.63, 3.8) is 0 Å². The normalized spacial score (nSPS) is 21.4. The quantitative estimate of drug-likeness (QED) is 0.798. The van der Waals surface area contributed by atoms with Gasteiger partial charge in [0, 0.05) is 44.5 Å². The van der Waals surface area contributed by atoms with Crippen LogP contribution in [0.1, 0.15) is 52.0 Å². The van der Waals surface area contributed by atoms with Gasteiger partial charge in [-0.2, -0.15) is 0 Å². The molecule has 2 saturated heterocycles. The first kappa shape index (κ1) is 18.7. The highest BCUT2D eigenvalue weighted by Gasteiger charge is 2.24. The summed E-state index contributed by atoms with van der Waals surface area (Å²) in [6.07, 6.45) is 2.77. The van der Waals surface area contributed by atoms with Crippen molar-refractivity contribution in [1.82, 2.24) is 9.80 Å². The molecule has 0 atom stereocenters. The Morgan fingerprint density at radius 2 is 1.60 bits per heavy atom. The van der Waals surface area contributed by atoms with Crippen LogP contribution in [0.4, 0.5) is 5.69 Å². The maximum Gasteiger partial charge on any atom is 0.0369 e. The molecule has 0 spiro atoms. The summed E-state index contributed by atoms with van der Waals surface area (Å²) in [7, 11) is 0. The second kappa shape index (κ2) is 8.55. The van der Waals surface area contributed by atoms with E-state index in [1.54, 1.807) is 0 Å². The summed E-state index contributed by atoms with van der Waals surface area (Å²) in [6, 6.07) is 9.87. The topological polar surface area (TPSA) is 9.72 Å². The molecule has 0 bridgehead atoms. The molecule has 1 aromatic carbocycles. The number of anilines is 1. The van der Waals surface area contributed by atoms with Crippen LogP contribution < -0.4 is 4.90 Å². The predicted molar refractivity (Wildman–Crippen MR) is 109 cm³/mol. The average molecular weight is 344 g/mol. The standard InChI is InChI=1S/C22H37N3/c1-18(2)21-6-5-7-22(16-21)25-14-12-23(13-15-25)17-20-8-10-24(11-9-20)19(3)4/h5-7,16,18-20H,8-15,17H2,1-4H3. The lowest BCUT2D eigenvalue weighted by molar-refractivity contribution is 0.119. The Hall–Kier alpha value is -1.06. The minimum absolute atomic E-state index is 0.609. The van der Waals surface area contributed by atoms with Gasteiger partial charge in [0.2, 0.25) is 0 Å². The van der Waals surface area contributed by atoms with Crippen LogP contribution in [0.2, 0.25) is 0 Å². The fourth-order valence-corrected chi connectivity index (χ4v) is 4.29. The second-order valence-electron chi connectivity index (χ2n) is 8.61. The zero-order valence-corrected chi connectivity index (χ0v) is 16.7. The number of nitrogens with zero attached hydrogens (tertiary/aromatic N) is 3. The molecule has 3 rings (SSSR count). The van der Waals surface area contributed by atoms with Crippen LogP contribution in [-0.4, -0.2) is 61.7 Å². The van der Waals surface area contributed by atoms with E-state index in [-0.39, 0.29) is 0 Å². The number of hydrogen-bond acceptors (Lipinski definition) is 3. The Morgan fingerprint density at radius 3 is 2.20 bits per heavy atom. The molecular formula is C22H37N3. The summed E-state index contributed by atoms with van der Waals surface area (Å²) in [6.45, 7) is 17.9. The number of benzene rings is 1. The van der Waals surface area contributed by atoms with Gasteiger partial charge in [-0.25, -0.2) is 0 Å². The van der Waals surface area contributed by atoms with Crippen molar-refractivity contribution in [2.75, 3.05) is 50.7 Å². The fourth-order valence-electron chi connectivity index (χ4n) is 4.29. The summed E-state index contributed by atoms with van der Waals surface area (Å²) >= 11 is 0. The Kier molecular flexibility index (Phi) is 6.40.